The first-order valence-electron chi connectivity index (χ1n) is 5.39. The molecular formula is C13H13NO4. The van der Waals surface area contributed by atoms with E-state index in [0.29, 0.717) is 11.4 Å². The molecule has 1 aromatic carbocycles. The Morgan fingerprint density at radius 1 is 1.33 bits per heavy atom. The van der Waals surface area contributed by atoms with Gasteiger partial charge in [0.2, 0.25) is 5.76 Å². The van der Waals surface area contributed by atoms with Crippen molar-refractivity contribution in [3.8, 4) is 17.0 Å². The second-order valence-corrected chi connectivity index (χ2v) is 3.99. The van der Waals surface area contributed by atoms with Crippen molar-refractivity contribution in [2.45, 2.75) is 13.8 Å². The first-order valence-corrected chi connectivity index (χ1v) is 5.39. The van der Waals surface area contributed by atoms with Crippen LogP contribution in [0.4, 0.5) is 0 Å². The van der Waals surface area contributed by atoms with E-state index in [-0.39, 0.29) is 5.76 Å². The van der Waals surface area contributed by atoms with Crippen molar-refractivity contribution in [3.63, 3.8) is 0 Å². The topological polar surface area (TPSA) is 72.6 Å². The number of hydrogen-bond donors (Lipinski definition) is 1. The van der Waals surface area contributed by atoms with Crippen LogP contribution in [0.1, 0.15) is 21.7 Å². The maximum atomic E-state index is 10.8. The quantitative estimate of drug-likeness (QED) is 0.902. The van der Waals surface area contributed by atoms with E-state index in [1.807, 2.05) is 26.0 Å². The highest BCUT2D eigenvalue weighted by Crippen LogP contribution is 2.35. The number of hydrogen-bond acceptors (Lipinski definition) is 4. The van der Waals surface area contributed by atoms with Crippen molar-refractivity contribution in [1.29, 1.82) is 0 Å². The smallest absolute Gasteiger partial charge is 0.374 e. The molecule has 1 N–H and O–H groups in total. The molecule has 0 fully saturated rings. The number of methoxy groups -OCH3 is 1. The zero-order valence-corrected chi connectivity index (χ0v) is 10.4. The lowest BCUT2D eigenvalue weighted by Crippen LogP contribution is -1.94. The maximum absolute atomic E-state index is 10.8. The van der Waals surface area contributed by atoms with E-state index in [0.717, 1.165) is 16.7 Å². The first kappa shape index (κ1) is 12.2. The molecule has 5 heteroatoms. The predicted octanol–water partition coefficient (Wildman–Crippen LogP) is 2.67. The van der Waals surface area contributed by atoms with E-state index < -0.39 is 5.97 Å². The van der Waals surface area contributed by atoms with Crippen LogP contribution >= 0.6 is 0 Å². The Bertz CT molecular complexity index is 601. The molecule has 0 saturated carbocycles. The maximum Gasteiger partial charge on any atom is 0.374 e. The Kier molecular flexibility index (Phi) is 3.06. The normalized spacial score (nSPS) is 10.4. The van der Waals surface area contributed by atoms with Gasteiger partial charge in [0.15, 0.2) is 0 Å². The van der Waals surface area contributed by atoms with E-state index in [2.05, 4.69) is 5.16 Å². The molecule has 0 unspecified atom stereocenters. The number of rotatable bonds is 3. The van der Waals surface area contributed by atoms with E-state index in [9.17, 15) is 4.79 Å². The zero-order chi connectivity index (χ0) is 13.3. The van der Waals surface area contributed by atoms with Gasteiger partial charge in [-0.25, -0.2) is 4.79 Å². The number of aromatic carboxylic acids is 1. The summed E-state index contributed by atoms with van der Waals surface area (Å²) in [6, 6.07) is 5.27. The Hall–Kier alpha value is -2.30. The van der Waals surface area contributed by atoms with Gasteiger partial charge < -0.3 is 14.4 Å². The van der Waals surface area contributed by atoms with E-state index in [1.54, 1.807) is 7.11 Å². The number of ether oxygens (including phenoxy) is 1. The molecule has 1 heterocycles. The molecule has 0 aliphatic rings. The van der Waals surface area contributed by atoms with Crippen molar-refractivity contribution < 1.29 is 19.2 Å². The molecule has 1 aromatic heterocycles. The molecule has 0 aliphatic carbocycles. The van der Waals surface area contributed by atoms with Gasteiger partial charge >= 0.3 is 5.97 Å². The predicted molar refractivity (Wildman–Crippen MR) is 64.9 cm³/mol. The van der Waals surface area contributed by atoms with E-state index in [1.165, 1.54) is 6.07 Å². The molecule has 0 saturated heterocycles. The van der Waals surface area contributed by atoms with Gasteiger partial charge in [0.05, 0.1) is 7.11 Å². The molecular weight excluding hydrogens is 234 g/mol. The van der Waals surface area contributed by atoms with Crippen LogP contribution < -0.4 is 4.74 Å². The van der Waals surface area contributed by atoms with Crippen LogP contribution in [-0.4, -0.2) is 23.3 Å². The second kappa shape index (κ2) is 4.52. The average Bonchev–Trinajstić information content (AvgIpc) is 2.81. The molecule has 94 valence electrons. The lowest BCUT2D eigenvalue weighted by atomic mass is 10.0. The minimum absolute atomic E-state index is 0.187. The van der Waals surface area contributed by atoms with Gasteiger partial charge in [-0.05, 0) is 25.0 Å². The number of carbonyl (C=O) groups is 1. The summed E-state index contributed by atoms with van der Waals surface area (Å²) in [5.41, 5.74) is 3.12. The van der Waals surface area contributed by atoms with Gasteiger partial charge in [-0.1, -0.05) is 17.3 Å². The third-order valence-corrected chi connectivity index (χ3v) is 2.74. The molecule has 18 heavy (non-hydrogen) atoms. The Morgan fingerprint density at radius 3 is 2.56 bits per heavy atom. The van der Waals surface area contributed by atoms with E-state index >= 15 is 0 Å². The Labute approximate surface area is 104 Å². The van der Waals surface area contributed by atoms with Crippen LogP contribution in [0, 0.1) is 13.8 Å². The summed E-state index contributed by atoms with van der Waals surface area (Å²) in [6.45, 7) is 3.83. The number of carboxylic acids is 1. The van der Waals surface area contributed by atoms with Gasteiger partial charge in [-0.3, -0.25) is 0 Å². The SMILES string of the molecule is COc1c(C)ccc(C)c1-c1cc(C(=O)O)on1. The summed E-state index contributed by atoms with van der Waals surface area (Å²) in [6.07, 6.45) is 0. The van der Waals surface area contributed by atoms with E-state index in [4.69, 9.17) is 14.4 Å². The Balaban J connectivity index is 2.62. The summed E-state index contributed by atoms with van der Waals surface area (Å²) in [5.74, 6) is -0.647. The van der Waals surface area contributed by atoms with Crippen LogP contribution in [0.25, 0.3) is 11.3 Å². The van der Waals surface area contributed by atoms with Gasteiger partial charge in [0, 0.05) is 11.6 Å². The lowest BCUT2D eigenvalue weighted by Gasteiger charge is -2.11. The number of benzene rings is 1. The zero-order valence-electron chi connectivity index (χ0n) is 10.4. The van der Waals surface area contributed by atoms with Crippen molar-refractivity contribution in [1.82, 2.24) is 5.16 Å². The van der Waals surface area contributed by atoms with Crippen molar-refractivity contribution in [3.05, 3.63) is 35.1 Å². The fraction of sp³-hybridized carbons (Fsp3) is 0.231. The minimum atomic E-state index is -1.14. The minimum Gasteiger partial charge on any atom is -0.496 e. The largest absolute Gasteiger partial charge is 0.496 e. The van der Waals surface area contributed by atoms with Crippen LogP contribution in [0.5, 0.6) is 5.75 Å². The molecule has 2 aromatic rings. The van der Waals surface area contributed by atoms with Gasteiger partial charge in [-0.15, -0.1) is 0 Å². The Morgan fingerprint density at radius 2 is 2.00 bits per heavy atom. The van der Waals surface area contributed by atoms with Gasteiger partial charge in [0.1, 0.15) is 11.4 Å². The van der Waals surface area contributed by atoms with Crippen LogP contribution in [-0.2, 0) is 0 Å². The summed E-state index contributed by atoms with van der Waals surface area (Å²) in [5, 5.41) is 12.6. The standard InChI is InChI=1S/C13H13NO4/c1-7-4-5-8(2)12(17-3)11(7)9-6-10(13(15)16)18-14-9/h4-6H,1-3H3,(H,15,16). The molecule has 0 atom stereocenters. The first-order chi connectivity index (χ1) is 8.54. The number of nitrogens with zero attached hydrogens (tertiary/aromatic N) is 1. The van der Waals surface area contributed by atoms with Crippen LogP contribution in [0.15, 0.2) is 22.7 Å². The summed E-state index contributed by atoms with van der Waals surface area (Å²) in [4.78, 5) is 10.8. The van der Waals surface area contributed by atoms with Gasteiger partial charge in [-0.2, -0.15) is 0 Å². The molecule has 0 aliphatic heterocycles. The third-order valence-electron chi connectivity index (χ3n) is 2.74. The van der Waals surface area contributed by atoms with Crippen LogP contribution in [0.2, 0.25) is 0 Å². The monoisotopic (exact) mass is 247 g/mol. The highest BCUT2D eigenvalue weighted by molar-refractivity contribution is 5.86. The second-order valence-electron chi connectivity index (χ2n) is 3.99. The fourth-order valence-electron chi connectivity index (χ4n) is 1.86. The summed E-state index contributed by atoms with van der Waals surface area (Å²) < 4.78 is 10.1. The average molecular weight is 247 g/mol. The highest BCUT2D eigenvalue weighted by atomic mass is 16.5. The fourth-order valence-corrected chi connectivity index (χ4v) is 1.86. The van der Waals surface area contributed by atoms with Crippen molar-refractivity contribution in [2.24, 2.45) is 0 Å². The van der Waals surface area contributed by atoms with Crippen LogP contribution in [0.3, 0.4) is 0 Å². The molecule has 5 nitrogen and oxygen atoms in total. The molecule has 0 bridgehead atoms. The molecule has 2 rings (SSSR count). The molecule has 0 spiro atoms. The number of aromatic nitrogens is 1. The number of carboxylic acid groups (broad SMARTS) is 1. The molecule has 0 amide bonds. The number of aryl methyl sites for hydroxylation is 2. The lowest BCUT2D eigenvalue weighted by molar-refractivity contribution is 0.0652. The summed E-state index contributed by atoms with van der Waals surface area (Å²) >= 11 is 0. The molecule has 0 radical (unpaired) electrons. The highest BCUT2D eigenvalue weighted by Gasteiger charge is 2.18. The summed E-state index contributed by atoms with van der Waals surface area (Å²) in [7, 11) is 1.57. The van der Waals surface area contributed by atoms with Gasteiger partial charge in [0.25, 0.3) is 0 Å². The van der Waals surface area contributed by atoms with Crippen molar-refractivity contribution in [2.75, 3.05) is 7.11 Å². The van der Waals surface area contributed by atoms with Crippen molar-refractivity contribution >= 4 is 5.97 Å². The third kappa shape index (κ3) is 1.95.